The molecule has 2 aromatic rings. The number of aromatic nitrogens is 2. The lowest BCUT2D eigenvalue weighted by Crippen LogP contribution is -2.43. The fourth-order valence-electron chi connectivity index (χ4n) is 3.26. The van der Waals surface area contributed by atoms with Gasteiger partial charge in [0.25, 0.3) is 0 Å². The van der Waals surface area contributed by atoms with Crippen LogP contribution in [0.3, 0.4) is 0 Å². The third-order valence-electron chi connectivity index (χ3n) is 4.90. The van der Waals surface area contributed by atoms with E-state index in [1.165, 1.54) is 16.4 Å². The molecule has 0 aliphatic carbocycles. The van der Waals surface area contributed by atoms with Gasteiger partial charge in [-0.05, 0) is 38.1 Å². The minimum absolute atomic E-state index is 0.0444. The molecule has 1 aromatic heterocycles. The van der Waals surface area contributed by atoms with E-state index in [2.05, 4.69) is 10.4 Å². The summed E-state index contributed by atoms with van der Waals surface area (Å²) in [6.45, 7) is 5.16. The minimum Gasteiger partial charge on any atom is -0.379 e. The van der Waals surface area contributed by atoms with Gasteiger partial charge in [-0.1, -0.05) is 0 Å². The molecule has 1 aromatic carbocycles. The molecule has 3 rings (SSSR count). The Balaban J connectivity index is 1.59. The molecule has 0 radical (unpaired) electrons. The smallest absolute Gasteiger partial charge is 0.224 e. The first-order chi connectivity index (χ1) is 13.8. The van der Waals surface area contributed by atoms with Crippen LogP contribution in [0.25, 0.3) is 5.69 Å². The summed E-state index contributed by atoms with van der Waals surface area (Å²) in [6.07, 6.45) is 0.0937. The molecular formula is C19H25FN4O4S. The maximum absolute atomic E-state index is 13.1. The molecule has 0 saturated carbocycles. The van der Waals surface area contributed by atoms with Crippen molar-refractivity contribution in [3.63, 3.8) is 0 Å². The Hall–Kier alpha value is -2.30. The summed E-state index contributed by atoms with van der Waals surface area (Å²) in [4.78, 5) is 12.3. The number of carbonyl (C=O) groups is 1. The van der Waals surface area contributed by atoms with Crippen LogP contribution in [-0.4, -0.2) is 67.0 Å². The predicted octanol–water partition coefficient (Wildman–Crippen LogP) is 0.949. The number of hydrogen-bond acceptors (Lipinski definition) is 5. The molecule has 0 unspecified atom stereocenters. The third-order valence-corrected chi connectivity index (χ3v) is 6.77. The van der Waals surface area contributed by atoms with Crippen LogP contribution in [0.5, 0.6) is 0 Å². The van der Waals surface area contributed by atoms with Crippen LogP contribution in [0.4, 0.5) is 4.39 Å². The summed E-state index contributed by atoms with van der Waals surface area (Å²) in [5, 5.41) is 7.12. The van der Waals surface area contributed by atoms with E-state index in [1.54, 1.807) is 23.7 Å². The largest absolute Gasteiger partial charge is 0.379 e. The molecule has 1 aliphatic heterocycles. The zero-order valence-corrected chi connectivity index (χ0v) is 17.3. The standard InChI is InChI=1S/C19H25FN4O4S/c1-14-18(15(2)24(22-14)17-5-3-16(20)4-6-17)13-19(25)21-7-12-29(26,27)23-8-10-28-11-9-23/h3-6H,7-13H2,1-2H3,(H,21,25). The SMILES string of the molecule is Cc1nn(-c2ccc(F)cc2)c(C)c1CC(=O)NCCS(=O)(=O)N1CCOCC1. The molecule has 29 heavy (non-hydrogen) atoms. The molecular weight excluding hydrogens is 399 g/mol. The number of hydrogen-bond donors (Lipinski definition) is 1. The molecule has 10 heteroatoms. The van der Waals surface area contributed by atoms with E-state index in [-0.39, 0.29) is 30.4 Å². The normalized spacial score (nSPS) is 15.4. The molecule has 8 nitrogen and oxygen atoms in total. The number of rotatable bonds is 7. The highest BCUT2D eigenvalue weighted by Crippen LogP contribution is 2.18. The highest BCUT2D eigenvalue weighted by atomic mass is 32.2. The molecule has 0 spiro atoms. The number of morpholine rings is 1. The molecule has 2 heterocycles. The maximum Gasteiger partial charge on any atom is 0.224 e. The van der Waals surface area contributed by atoms with Crippen molar-refractivity contribution in [2.75, 3.05) is 38.6 Å². The van der Waals surface area contributed by atoms with Gasteiger partial charge in [-0.3, -0.25) is 4.79 Å². The first kappa shape index (κ1) is 21.4. The Labute approximate surface area is 169 Å². The van der Waals surface area contributed by atoms with Crippen molar-refractivity contribution in [3.05, 3.63) is 47.0 Å². The Bertz CT molecular complexity index is 967. The molecule has 1 amide bonds. The number of sulfonamides is 1. The van der Waals surface area contributed by atoms with Crippen LogP contribution < -0.4 is 5.32 Å². The molecule has 0 atom stereocenters. The van der Waals surface area contributed by atoms with Crippen LogP contribution in [0, 0.1) is 19.7 Å². The van der Waals surface area contributed by atoms with Crippen molar-refractivity contribution in [3.8, 4) is 5.69 Å². The molecule has 1 fully saturated rings. The van der Waals surface area contributed by atoms with E-state index in [9.17, 15) is 17.6 Å². The Morgan fingerprint density at radius 1 is 1.21 bits per heavy atom. The quantitative estimate of drug-likeness (QED) is 0.714. The summed E-state index contributed by atoms with van der Waals surface area (Å²) < 4.78 is 46.0. The molecule has 1 aliphatic rings. The highest BCUT2D eigenvalue weighted by Gasteiger charge is 2.24. The van der Waals surface area contributed by atoms with Gasteiger partial charge in [-0.2, -0.15) is 9.40 Å². The number of nitrogens with zero attached hydrogens (tertiary/aromatic N) is 3. The van der Waals surface area contributed by atoms with E-state index in [0.29, 0.717) is 37.7 Å². The Morgan fingerprint density at radius 2 is 1.86 bits per heavy atom. The van der Waals surface area contributed by atoms with Gasteiger partial charge >= 0.3 is 0 Å². The second-order valence-electron chi connectivity index (χ2n) is 6.89. The zero-order chi connectivity index (χ0) is 21.0. The van der Waals surface area contributed by atoms with Gasteiger partial charge in [0.1, 0.15) is 5.82 Å². The van der Waals surface area contributed by atoms with E-state index < -0.39 is 10.0 Å². The second-order valence-corrected chi connectivity index (χ2v) is 8.98. The summed E-state index contributed by atoms with van der Waals surface area (Å²) in [6, 6.07) is 5.95. The number of aryl methyl sites for hydroxylation is 1. The molecule has 1 N–H and O–H groups in total. The van der Waals surface area contributed by atoms with Gasteiger partial charge in [-0.25, -0.2) is 17.5 Å². The van der Waals surface area contributed by atoms with Crippen molar-refractivity contribution in [2.24, 2.45) is 0 Å². The van der Waals surface area contributed by atoms with Crippen LogP contribution in [0.2, 0.25) is 0 Å². The lowest BCUT2D eigenvalue weighted by molar-refractivity contribution is -0.120. The number of ether oxygens (including phenoxy) is 1. The van der Waals surface area contributed by atoms with Crippen molar-refractivity contribution in [2.45, 2.75) is 20.3 Å². The van der Waals surface area contributed by atoms with Crippen LogP contribution in [0.15, 0.2) is 24.3 Å². The summed E-state index contributed by atoms with van der Waals surface area (Å²) in [7, 11) is -3.41. The summed E-state index contributed by atoms with van der Waals surface area (Å²) in [5.74, 6) is -0.750. The van der Waals surface area contributed by atoms with Crippen molar-refractivity contribution < 1.29 is 22.3 Å². The van der Waals surface area contributed by atoms with Crippen LogP contribution >= 0.6 is 0 Å². The highest BCUT2D eigenvalue weighted by molar-refractivity contribution is 7.89. The first-order valence-corrected chi connectivity index (χ1v) is 11.0. The molecule has 1 saturated heterocycles. The summed E-state index contributed by atoms with van der Waals surface area (Å²) in [5.41, 5.74) is 2.95. The number of benzene rings is 1. The first-order valence-electron chi connectivity index (χ1n) is 9.41. The Kier molecular flexibility index (Phi) is 6.66. The van der Waals surface area contributed by atoms with Crippen LogP contribution in [-0.2, 0) is 26.0 Å². The molecule has 158 valence electrons. The average Bonchev–Trinajstić information content (AvgIpc) is 2.97. The summed E-state index contributed by atoms with van der Waals surface area (Å²) >= 11 is 0. The van der Waals surface area contributed by atoms with Gasteiger partial charge in [-0.15, -0.1) is 0 Å². The van der Waals surface area contributed by atoms with Crippen molar-refractivity contribution in [1.82, 2.24) is 19.4 Å². The van der Waals surface area contributed by atoms with Crippen molar-refractivity contribution in [1.29, 1.82) is 0 Å². The van der Waals surface area contributed by atoms with Crippen molar-refractivity contribution >= 4 is 15.9 Å². The monoisotopic (exact) mass is 424 g/mol. The fraction of sp³-hybridized carbons (Fsp3) is 0.474. The lowest BCUT2D eigenvalue weighted by atomic mass is 10.1. The topological polar surface area (TPSA) is 93.5 Å². The number of amides is 1. The zero-order valence-electron chi connectivity index (χ0n) is 16.5. The maximum atomic E-state index is 13.1. The van der Waals surface area contributed by atoms with Crippen LogP contribution in [0.1, 0.15) is 17.0 Å². The van der Waals surface area contributed by atoms with Gasteiger partial charge in [0.15, 0.2) is 0 Å². The van der Waals surface area contributed by atoms with E-state index >= 15 is 0 Å². The minimum atomic E-state index is -3.41. The number of carbonyl (C=O) groups excluding carboxylic acids is 1. The van der Waals surface area contributed by atoms with E-state index in [1.807, 2.05) is 6.92 Å². The van der Waals surface area contributed by atoms with Gasteiger partial charge in [0, 0.05) is 30.9 Å². The van der Waals surface area contributed by atoms with E-state index in [4.69, 9.17) is 4.74 Å². The second kappa shape index (κ2) is 9.02. The van der Waals surface area contributed by atoms with Gasteiger partial charge in [0.05, 0.1) is 36.8 Å². The fourth-order valence-corrected chi connectivity index (χ4v) is 4.58. The average molecular weight is 424 g/mol. The van der Waals surface area contributed by atoms with E-state index in [0.717, 1.165) is 11.3 Å². The predicted molar refractivity (Wildman–Crippen MR) is 106 cm³/mol. The third kappa shape index (κ3) is 5.20. The Morgan fingerprint density at radius 3 is 2.52 bits per heavy atom. The van der Waals surface area contributed by atoms with Gasteiger partial charge in [0.2, 0.25) is 15.9 Å². The number of halogens is 1. The molecule has 0 bridgehead atoms. The lowest BCUT2D eigenvalue weighted by Gasteiger charge is -2.26. The number of nitrogens with one attached hydrogen (secondary N) is 1. The van der Waals surface area contributed by atoms with Gasteiger partial charge < -0.3 is 10.1 Å².